The number of terminal acetylenes is 1. The molecule has 3 aromatic rings. The lowest BCUT2D eigenvalue weighted by Gasteiger charge is -2.22. The molecule has 0 atom stereocenters. The van der Waals surface area contributed by atoms with Crippen LogP contribution in [0, 0.1) is 17.8 Å². The predicted octanol–water partition coefficient (Wildman–Crippen LogP) is 4.65. The van der Waals surface area contributed by atoms with Crippen molar-refractivity contribution in [2.24, 2.45) is 5.41 Å². The fourth-order valence-corrected chi connectivity index (χ4v) is 4.99. The van der Waals surface area contributed by atoms with E-state index in [0.29, 0.717) is 34.8 Å². The Labute approximate surface area is 192 Å². The number of amides is 1. The van der Waals surface area contributed by atoms with E-state index in [-0.39, 0.29) is 17.9 Å². The van der Waals surface area contributed by atoms with Crippen molar-refractivity contribution >= 4 is 5.91 Å². The van der Waals surface area contributed by atoms with Crippen molar-refractivity contribution in [2.45, 2.75) is 52.4 Å². The Morgan fingerprint density at radius 2 is 2.00 bits per heavy atom. The number of nitrogens with zero attached hydrogens (tertiary/aromatic N) is 5. The fourth-order valence-electron chi connectivity index (χ4n) is 4.99. The summed E-state index contributed by atoms with van der Waals surface area (Å²) in [7, 11) is 0. The molecule has 0 N–H and O–H groups in total. The molecule has 1 saturated carbocycles. The summed E-state index contributed by atoms with van der Waals surface area (Å²) in [6, 6.07) is 5.35. The first-order valence-electron chi connectivity index (χ1n) is 11.3. The van der Waals surface area contributed by atoms with Crippen molar-refractivity contribution in [2.75, 3.05) is 6.54 Å². The van der Waals surface area contributed by atoms with Crippen LogP contribution in [0.2, 0.25) is 0 Å². The van der Waals surface area contributed by atoms with Crippen LogP contribution in [0.3, 0.4) is 0 Å². The lowest BCUT2D eigenvalue weighted by molar-refractivity contribution is 0.0798. The van der Waals surface area contributed by atoms with E-state index in [1.165, 1.54) is 25.7 Å². The first-order chi connectivity index (χ1) is 16.0. The Morgan fingerprint density at radius 1 is 1.18 bits per heavy atom. The van der Waals surface area contributed by atoms with Crippen LogP contribution >= 0.6 is 0 Å². The van der Waals surface area contributed by atoms with Gasteiger partial charge in [0.2, 0.25) is 0 Å². The van der Waals surface area contributed by atoms with Gasteiger partial charge >= 0.3 is 0 Å². The van der Waals surface area contributed by atoms with Crippen LogP contribution in [0.5, 0.6) is 0 Å². The van der Waals surface area contributed by atoms with Crippen molar-refractivity contribution in [1.29, 1.82) is 0 Å². The van der Waals surface area contributed by atoms with Gasteiger partial charge in [0.1, 0.15) is 6.67 Å². The molecule has 3 aromatic heterocycles. The molecule has 0 bridgehead atoms. The third-order valence-corrected chi connectivity index (χ3v) is 6.77. The molecule has 1 aliphatic heterocycles. The zero-order valence-corrected chi connectivity index (χ0v) is 18.7. The number of hydrogen-bond acceptors (Lipinski definition) is 4. The number of halogens is 1. The molecule has 4 heterocycles. The second-order valence-electron chi connectivity index (χ2n) is 9.36. The molecule has 0 saturated heterocycles. The molecule has 0 aromatic carbocycles. The van der Waals surface area contributed by atoms with Gasteiger partial charge < -0.3 is 4.90 Å². The highest BCUT2D eigenvalue weighted by atomic mass is 19.1. The highest BCUT2D eigenvalue weighted by Crippen LogP contribution is 2.39. The minimum atomic E-state index is -0.669. The Bertz CT molecular complexity index is 1250. The molecule has 33 heavy (non-hydrogen) atoms. The van der Waals surface area contributed by atoms with Crippen LogP contribution in [-0.2, 0) is 19.8 Å². The standard InChI is InChI=1S/C26H26FN5O/c1-3-10-31-16-23-22(25(31)33)11-18(13-28-23)24-21(7-6-20(12-27)30-24)19-14-29-32(15-19)17-26(2)8-4-5-9-26/h1,6-7,11,13-15H,4-5,8-10,12,16-17H2,2H3. The maximum absolute atomic E-state index is 13.5. The van der Waals surface area contributed by atoms with E-state index in [0.717, 1.165) is 17.7 Å². The summed E-state index contributed by atoms with van der Waals surface area (Å²) in [5.74, 6) is 2.37. The van der Waals surface area contributed by atoms with Gasteiger partial charge in [-0.25, -0.2) is 9.37 Å². The molecule has 6 nitrogen and oxygen atoms in total. The van der Waals surface area contributed by atoms with E-state index in [4.69, 9.17) is 6.42 Å². The van der Waals surface area contributed by atoms with Crippen LogP contribution in [0.1, 0.15) is 54.4 Å². The summed E-state index contributed by atoms with van der Waals surface area (Å²) in [5.41, 5.74) is 4.83. The molecule has 2 aliphatic rings. The molecular formula is C26H26FN5O. The first kappa shape index (κ1) is 21.3. The second kappa shape index (κ2) is 8.43. The minimum Gasteiger partial charge on any atom is -0.322 e. The van der Waals surface area contributed by atoms with Gasteiger partial charge in [-0.15, -0.1) is 6.42 Å². The van der Waals surface area contributed by atoms with E-state index in [1.807, 2.05) is 23.1 Å². The second-order valence-corrected chi connectivity index (χ2v) is 9.36. The Kier molecular flexibility index (Phi) is 5.45. The largest absolute Gasteiger partial charge is 0.322 e. The molecular weight excluding hydrogens is 417 g/mol. The summed E-state index contributed by atoms with van der Waals surface area (Å²) in [4.78, 5) is 23.4. The maximum atomic E-state index is 13.5. The monoisotopic (exact) mass is 443 g/mol. The Hall–Kier alpha value is -3.53. The van der Waals surface area contributed by atoms with Crippen LogP contribution in [0.15, 0.2) is 36.8 Å². The van der Waals surface area contributed by atoms with Crippen LogP contribution in [0.25, 0.3) is 22.4 Å². The van der Waals surface area contributed by atoms with E-state index >= 15 is 0 Å². The number of carbonyl (C=O) groups is 1. The smallest absolute Gasteiger partial charge is 0.256 e. The zero-order valence-electron chi connectivity index (χ0n) is 18.7. The minimum absolute atomic E-state index is 0.141. The predicted molar refractivity (Wildman–Crippen MR) is 124 cm³/mol. The topological polar surface area (TPSA) is 63.9 Å². The van der Waals surface area contributed by atoms with Gasteiger partial charge in [0.15, 0.2) is 0 Å². The number of pyridine rings is 2. The van der Waals surface area contributed by atoms with Crippen LogP contribution in [-0.4, -0.2) is 37.1 Å². The van der Waals surface area contributed by atoms with Crippen LogP contribution in [0.4, 0.5) is 4.39 Å². The number of aromatic nitrogens is 4. The molecule has 0 spiro atoms. The molecule has 1 fully saturated rings. The molecule has 0 unspecified atom stereocenters. The van der Waals surface area contributed by atoms with E-state index in [1.54, 1.807) is 23.2 Å². The molecule has 168 valence electrons. The molecule has 0 radical (unpaired) electrons. The third-order valence-electron chi connectivity index (χ3n) is 6.77. The van der Waals surface area contributed by atoms with Crippen molar-refractivity contribution in [3.05, 3.63) is 53.7 Å². The van der Waals surface area contributed by atoms with E-state index in [2.05, 4.69) is 27.9 Å². The average Bonchev–Trinajstić information content (AvgIpc) is 3.54. The number of alkyl halides is 1. The van der Waals surface area contributed by atoms with Crippen molar-refractivity contribution in [1.82, 2.24) is 24.6 Å². The van der Waals surface area contributed by atoms with Gasteiger partial charge in [0.05, 0.1) is 41.9 Å². The third kappa shape index (κ3) is 4.02. The maximum Gasteiger partial charge on any atom is 0.256 e. The number of fused-ring (bicyclic) bond motifs is 1. The summed E-state index contributed by atoms with van der Waals surface area (Å²) in [6.07, 6.45) is 15.9. The zero-order chi connectivity index (χ0) is 23.0. The van der Waals surface area contributed by atoms with Crippen LogP contribution < -0.4 is 0 Å². The van der Waals surface area contributed by atoms with E-state index < -0.39 is 6.67 Å². The lowest BCUT2D eigenvalue weighted by Crippen LogP contribution is -2.23. The average molecular weight is 444 g/mol. The van der Waals surface area contributed by atoms with Gasteiger partial charge in [-0.2, -0.15) is 5.10 Å². The van der Waals surface area contributed by atoms with Crippen molar-refractivity contribution in [3.8, 4) is 34.7 Å². The quantitative estimate of drug-likeness (QED) is 0.521. The molecule has 1 aliphatic carbocycles. The Morgan fingerprint density at radius 3 is 2.76 bits per heavy atom. The highest BCUT2D eigenvalue weighted by Gasteiger charge is 2.30. The number of rotatable bonds is 6. The van der Waals surface area contributed by atoms with Gasteiger partial charge in [-0.1, -0.05) is 31.8 Å². The lowest BCUT2D eigenvalue weighted by atomic mass is 9.89. The van der Waals surface area contributed by atoms with Gasteiger partial charge in [0.25, 0.3) is 5.91 Å². The van der Waals surface area contributed by atoms with Gasteiger partial charge in [0, 0.05) is 35.6 Å². The molecule has 1 amide bonds. The fraction of sp³-hybridized carbons (Fsp3) is 0.385. The summed E-state index contributed by atoms with van der Waals surface area (Å²) >= 11 is 0. The van der Waals surface area contributed by atoms with Crippen molar-refractivity contribution in [3.63, 3.8) is 0 Å². The normalized spacial score (nSPS) is 16.8. The first-order valence-corrected chi connectivity index (χ1v) is 11.3. The molecule has 5 rings (SSSR count). The van der Waals surface area contributed by atoms with E-state index in [9.17, 15) is 9.18 Å². The highest BCUT2D eigenvalue weighted by molar-refractivity contribution is 5.99. The summed E-state index contributed by atoms with van der Waals surface area (Å²) in [5, 5.41) is 4.60. The molecule has 7 heteroatoms. The Balaban J connectivity index is 1.51. The SMILES string of the molecule is C#CCN1Cc2ncc(-c3nc(CF)ccc3-c3cnn(CC4(C)CCCC4)c3)cc2C1=O. The summed E-state index contributed by atoms with van der Waals surface area (Å²) in [6.45, 7) is 3.16. The summed E-state index contributed by atoms with van der Waals surface area (Å²) < 4.78 is 15.5. The van der Waals surface area contributed by atoms with Crippen molar-refractivity contribution < 1.29 is 9.18 Å². The van der Waals surface area contributed by atoms with Gasteiger partial charge in [-0.3, -0.25) is 14.5 Å². The van der Waals surface area contributed by atoms with Gasteiger partial charge in [-0.05, 0) is 30.4 Å². The number of hydrogen-bond donors (Lipinski definition) is 0. The number of carbonyl (C=O) groups excluding carboxylic acids is 1.